The third-order valence-electron chi connectivity index (χ3n) is 6.94. The van der Waals surface area contributed by atoms with Gasteiger partial charge in [0.25, 0.3) is 5.56 Å². The average Bonchev–Trinajstić information content (AvgIpc) is 3.63. The molecule has 1 saturated heterocycles. The molecule has 38 heavy (non-hydrogen) atoms. The predicted octanol–water partition coefficient (Wildman–Crippen LogP) is 3.77. The van der Waals surface area contributed by atoms with Crippen LogP contribution in [-0.2, 0) is 25.4 Å². The SMILES string of the molecule is Cc1csc(-c2c3c(=O)n(C)c(=O)n(C)c3c3n2C[C@@H](CN2CCCC2=O)S[C@@H]3c2ccc(Cl)o2)n1.S.S. The van der Waals surface area contributed by atoms with E-state index >= 15 is 0 Å². The highest BCUT2D eigenvalue weighted by Gasteiger charge is 2.39. The van der Waals surface area contributed by atoms with Gasteiger partial charge in [-0.05, 0) is 37.1 Å². The summed E-state index contributed by atoms with van der Waals surface area (Å²) >= 11 is 9.32. The maximum atomic E-state index is 13.6. The summed E-state index contributed by atoms with van der Waals surface area (Å²) in [5.41, 5.74) is 2.20. The van der Waals surface area contributed by atoms with E-state index in [1.807, 2.05) is 23.3 Å². The molecule has 4 aromatic heterocycles. The number of rotatable bonds is 4. The standard InChI is InChI=1S/C24H24ClN5O4S2.2H2S/c1-12-11-35-22(26-12)19-17-18(27(2)24(33)28(3)23(17)32)20-21(14-6-7-15(25)34-14)36-13(10-30(19)20)9-29-8-4-5-16(29)31;;/h6-7,11,13,21H,4-5,8-10H2,1-3H3;2*1H2/t13-,21-;;/m1../s1. The lowest BCUT2D eigenvalue weighted by Crippen LogP contribution is -2.37. The minimum atomic E-state index is -0.395. The molecule has 1 fully saturated rings. The Balaban J connectivity index is 0.00000168. The molecule has 4 aromatic rings. The Hall–Kier alpha value is -2.06. The third kappa shape index (κ3) is 4.55. The molecule has 0 saturated carbocycles. The van der Waals surface area contributed by atoms with Gasteiger partial charge in [-0.15, -0.1) is 23.1 Å². The highest BCUT2D eigenvalue weighted by atomic mass is 35.5. The number of aromatic nitrogens is 4. The van der Waals surface area contributed by atoms with Crippen molar-refractivity contribution < 1.29 is 9.21 Å². The molecule has 0 N–H and O–H groups in total. The van der Waals surface area contributed by atoms with Crippen molar-refractivity contribution in [3.8, 4) is 10.7 Å². The molecule has 0 aromatic carbocycles. The Labute approximate surface area is 245 Å². The third-order valence-corrected chi connectivity index (χ3v) is 9.52. The maximum Gasteiger partial charge on any atom is 0.331 e. The van der Waals surface area contributed by atoms with Crippen molar-refractivity contribution in [3.63, 3.8) is 0 Å². The van der Waals surface area contributed by atoms with Crippen molar-refractivity contribution in [2.75, 3.05) is 13.1 Å². The van der Waals surface area contributed by atoms with Crippen molar-refractivity contribution in [2.45, 2.75) is 36.8 Å². The topological polar surface area (TPSA) is 95.3 Å². The molecule has 14 heteroatoms. The van der Waals surface area contributed by atoms with Crippen molar-refractivity contribution in [2.24, 2.45) is 14.1 Å². The smallest absolute Gasteiger partial charge is 0.331 e. The Morgan fingerprint density at radius 1 is 1.16 bits per heavy atom. The minimum Gasteiger partial charge on any atom is -0.448 e. The van der Waals surface area contributed by atoms with Crippen molar-refractivity contribution >= 4 is 78.5 Å². The lowest BCUT2D eigenvalue weighted by atomic mass is 10.2. The van der Waals surface area contributed by atoms with Crippen LogP contribution in [-0.4, -0.2) is 47.8 Å². The van der Waals surface area contributed by atoms with Gasteiger partial charge in [-0.3, -0.25) is 18.7 Å². The number of hydrogen-bond acceptors (Lipinski definition) is 7. The van der Waals surface area contributed by atoms with Crippen LogP contribution in [0.5, 0.6) is 0 Å². The number of furan rings is 1. The van der Waals surface area contributed by atoms with E-state index in [9.17, 15) is 14.4 Å². The molecule has 0 radical (unpaired) electrons. The number of carbonyl (C=O) groups is 1. The minimum absolute atomic E-state index is 0. The number of aryl methyl sites for hydroxylation is 2. The van der Waals surface area contributed by atoms with Crippen LogP contribution < -0.4 is 11.2 Å². The molecule has 0 spiro atoms. The number of thioether (sulfide) groups is 1. The van der Waals surface area contributed by atoms with Crippen LogP contribution in [0.4, 0.5) is 0 Å². The van der Waals surface area contributed by atoms with E-state index in [1.165, 1.54) is 23.0 Å². The summed E-state index contributed by atoms with van der Waals surface area (Å²) in [6.45, 7) is 3.83. The number of nitrogens with zero attached hydrogens (tertiary/aromatic N) is 5. The number of fused-ring (bicyclic) bond motifs is 3. The molecule has 0 aliphatic carbocycles. The zero-order valence-electron chi connectivity index (χ0n) is 21.0. The monoisotopic (exact) mass is 613 g/mol. The predicted molar refractivity (Wildman–Crippen MR) is 162 cm³/mol. The average molecular weight is 614 g/mol. The number of amides is 1. The van der Waals surface area contributed by atoms with Crippen molar-refractivity contribution in [3.05, 3.63) is 60.7 Å². The highest BCUT2D eigenvalue weighted by Crippen LogP contribution is 2.49. The van der Waals surface area contributed by atoms with Crippen LogP contribution >= 0.6 is 61.7 Å². The van der Waals surface area contributed by atoms with Gasteiger partial charge < -0.3 is 13.9 Å². The number of carbonyl (C=O) groups excluding carboxylic acids is 1. The normalized spacial score (nSPS) is 18.9. The van der Waals surface area contributed by atoms with Gasteiger partial charge in [0.2, 0.25) is 5.91 Å². The Morgan fingerprint density at radius 3 is 2.53 bits per heavy atom. The summed E-state index contributed by atoms with van der Waals surface area (Å²) in [5.74, 6) is 0.807. The lowest BCUT2D eigenvalue weighted by Gasteiger charge is -2.33. The molecule has 2 aliphatic heterocycles. The zero-order valence-corrected chi connectivity index (χ0v) is 25.4. The van der Waals surface area contributed by atoms with Crippen molar-refractivity contribution in [1.82, 2.24) is 23.6 Å². The van der Waals surface area contributed by atoms with Gasteiger partial charge in [0.15, 0.2) is 5.22 Å². The largest absolute Gasteiger partial charge is 0.448 e. The molecule has 6 rings (SSSR count). The van der Waals surface area contributed by atoms with Crippen LogP contribution in [0.2, 0.25) is 5.22 Å². The first kappa shape index (κ1) is 28.9. The number of halogens is 1. The molecule has 1 amide bonds. The Kier molecular flexibility index (Phi) is 8.25. The molecule has 6 heterocycles. The van der Waals surface area contributed by atoms with Crippen LogP contribution in [0.3, 0.4) is 0 Å². The second kappa shape index (κ2) is 10.8. The van der Waals surface area contributed by atoms with Crippen LogP contribution in [0.25, 0.3) is 21.6 Å². The number of hydrogen-bond donors (Lipinski definition) is 0. The van der Waals surface area contributed by atoms with E-state index in [0.29, 0.717) is 41.9 Å². The summed E-state index contributed by atoms with van der Waals surface area (Å²) in [6, 6.07) is 3.53. The van der Waals surface area contributed by atoms with Crippen LogP contribution in [0, 0.1) is 6.92 Å². The summed E-state index contributed by atoms with van der Waals surface area (Å²) in [5, 5.41) is 3.11. The second-order valence-electron chi connectivity index (χ2n) is 9.29. The summed E-state index contributed by atoms with van der Waals surface area (Å²) in [7, 11) is 3.19. The quantitative estimate of drug-likeness (QED) is 0.348. The van der Waals surface area contributed by atoms with Gasteiger partial charge in [-0.25, -0.2) is 9.78 Å². The first-order valence-corrected chi connectivity index (χ1v) is 13.9. The van der Waals surface area contributed by atoms with Gasteiger partial charge in [0.1, 0.15) is 16.0 Å². The van der Waals surface area contributed by atoms with E-state index in [1.54, 1.807) is 24.9 Å². The molecule has 2 aliphatic rings. The van der Waals surface area contributed by atoms with E-state index in [4.69, 9.17) is 21.0 Å². The van der Waals surface area contributed by atoms with Gasteiger partial charge in [-0.1, -0.05) is 0 Å². The van der Waals surface area contributed by atoms with E-state index in [2.05, 4.69) is 4.57 Å². The molecule has 2 atom stereocenters. The van der Waals surface area contributed by atoms with Crippen LogP contribution in [0.1, 0.15) is 35.2 Å². The van der Waals surface area contributed by atoms with E-state index < -0.39 is 5.69 Å². The van der Waals surface area contributed by atoms with Gasteiger partial charge in [0.05, 0.1) is 22.3 Å². The summed E-state index contributed by atoms with van der Waals surface area (Å²) in [6.07, 6.45) is 1.45. The second-order valence-corrected chi connectivity index (χ2v) is 11.9. The fourth-order valence-corrected chi connectivity index (χ4v) is 7.82. The first-order valence-electron chi connectivity index (χ1n) is 11.7. The Morgan fingerprint density at radius 2 is 1.92 bits per heavy atom. The Bertz CT molecular complexity index is 1650. The number of likely N-dealkylation sites (tertiary alicyclic amines) is 1. The van der Waals surface area contributed by atoms with Crippen molar-refractivity contribution in [1.29, 1.82) is 0 Å². The highest BCUT2D eigenvalue weighted by molar-refractivity contribution is 8.00. The molecule has 204 valence electrons. The van der Waals surface area contributed by atoms with Crippen LogP contribution in [0.15, 0.2) is 31.5 Å². The van der Waals surface area contributed by atoms with Gasteiger partial charge in [-0.2, -0.15) is 27.0 Å². The number of thiazole rings is 1. The molecule has 0 bridgehead atoms. The molecular formula is C24H28ClN5O4S4. The van der Waals surface area contributed by atoms with Gasteiger partial charge in [0, 0.05) is 56.5 Å². The summed E-state index contributed by atoms with van der Waals surface area (Å²) in [4.78, 5) is 45.7. The van der Waals surface area contributed by atoms with E-state index in [0.717, 1.165) is 33.9 Å². The van der Waals surface area contributed by atoms with Gasteiger partial charge >= 0.3 is 5.69 Å². The fraction of sp³-hybridized carbons (Fsp3) is 0.417. The fourth-order valence-electron chi connectivity index (χ4n) is 5.30. The summed E-state index contributed by atoms with van der Waals surface area (Å²) < 4.78 is 10.7. The first-order chi connectivity index (χ1) is 17.2. The molecule has 0 unspecified atom stereocenters. The lowest BCUT2D eigenvalue weighted by molar-refractivity contribution is -0.127. The van der Waals surface area contributed by atoms with E-state index in [-0.39, 0.29) is 54.2 Å². The molecular weight excluding hydrogens is 586 g/mol. The zero-order chi connectivity index (χ0) is 25.3. The molecule has 9 nitrogen and oxygen atoms in total. The maximum absolute atomic E-state index is 13.6.